The van der Waals surface area contributed by atoms with Crippen molar-refractivity contribution in [2.24, 2.45) is 5.92 Å². The van der Waals surface area contributed by atoms with Crippen molar-refractivity contribution >= 4 is 27.4 Å². The highest BCUT2D eigenvalue weighted by atomic mass is 32.1. The van der Waals surface area contributed by atoms with Gasteiger partial charge in [-0.2, -0.15) is 0 Å². The summed E-state index contributed by atoms with van der Waals surface area (Å²) in [6.07, 6.45) is 7.56. The van der Waals surface area contributed by atoms with Crippen LogP contribution >= 0.6 is 11.3 Å². The van der Waals surface area contributed by atoms with Crippen molar-refractivity contribution in [2.45, 2.75) is 19.8 Å². The van der Waals surface area contributed by atoms with E-state index in [0.29, 0.717) is 5.92 Å². The van der Waals surface area contributed by atoms with Gasteiger partial charge in [-0.25, -0.2) is 9.97 Å². The van der Waals surface area contributed by atoms with E-state index >= 15 is 0 Å². The van der Waals surface area contributed by atoms with Crippen LogP contribution in [0, 0.1) is 12.8 Å². The average molecular weight is 340 g/mol. The fourth-order valence-electron chi connectivity index (χ4n) is 3.14. The molecule has 0 spiro atoms. The molecule has 0 N–H and O–H groups in total. The summed E-state index contributed by atoms with van der Waals surface area (Å²) < 4.78 is 7.19. The molecule has 0 bridgehead atoms. The number of hydrogen-bond acceptors (Lipinski definition) is 6. The highest BCUT2D eigenvalue weighted by molar-refractivity contribution is 7.17. The minimum absolute atomic E-state index is 0.592. The first-order valence-corrected chi connectivity index (χ1v) is 9.16. The summed E-state index contributed by atoms with van der Waals surface area (Å²) in [5.41, 5.74) is 2.14. The van der Waals surface area contributed by atoms with Crippen LogP contribution in [0.15, 0.2) is 36.2 Å². The van der Waals surface area contributed by atoms with E-state index in [1.165, 1.54) is 4.70 Å². The molecule has 1 aliphatic rings. The van der Waals surface area contributed by atoms with Gasteiger partial charge in [0.15, 0.2) is 0 Å². The predicted molar refractivity (Wildman–Crippen MR) is 96.8 cm³/mol. The van der Waals surface area contributed by atoms with Gasteiger partial charge in [0, 0.05) is 31.0 Å². The smallest absolute Gasteiger partial charge is 0.150 e. The lowest BCUT2D eigenvalue weighted by Gasteiger charge is -2.32. The molecule has 0 aromatic carbocycles. The Morgan fingerprint density at radius 2 is 2.12 bits per heavy atom. The maximum atomic E-state index is 5.99. The lowest BCUT2D eigenvalue weighted by Crippen LogP contribution is -2.36. The van der Waals surface area contributed by atoms with Crippen LogP contribution in [0.5, 0.6) is 5.75 Å². The van der Waals surface area contributed by atoms with E-state index in [0.717, 1.165) is 55.2 Å². The van der Waals surface area contributed by atoms with Gasteiger partial charge in [-0.1, -0.05) is 0 Å². The van der Waals surface area contributed by atoms with Crippen LogP contribution in [0.3, 0.4) is 0 Å². The van der Waals surface area contributed by atoms with E-state index in [4.69, 9.17) is 4.74 Å². The van der Waals surface area contributed by atoms with Gasteiger partial charge in [-0.3, -0.25) is 4.98 Å². The third kappa shape index (κ3) is 3.06. The number of aryl methyl sites for hydroxylation is 1. The zero-order chi connectivity index (χ0) is 16.4. The molecule has 0 atom stereocenters. The SMILES string of the molecule is Cc1cnccc1OCC1CCN(c2ncnc3ccsc23)CC1. The van der Waals surface area contributed by atoms with Gasteiger partial charge >= 0.3 is 0 Å². The van der Waals surface area contributed by atoms with Crippen molar-refractivity contribution in [2.75, 3.05) is 24.6 Å². The van der Waals surface area contributed by atoms with Crippen molar-refractivity contribution in [3.63, 3.8) is 0 Å². The molecule has 3 aromatic heterocycles. The number of anilines is 1. The lowest BCUT2D eigenvalue weighted by atomic mass is 9.98. The van der Waals surface area contributed by atoms with Crippen molar-refractivity contribution in [1.29, 1.82) is 0 Å². The second-order valence-corrected chi connectivity index (χ2v) is 7.13. The predicted octanol–water partition coefficient (Wildman–Crippen LogP) is 3.69. The number of fused-ring (bicyclic) bond motifs is 1. The topological polar surface area (TPSA) is 51.1 Å². The quantitative estimate of drug-likeness (QED) is 0.725. The summed E-state index contributed by atoms with van der Waals surface area (Å²) in [7, 11) is 0. The largest absolute Gasteiger partial charge is 0.493 e. The fourth-order valence-corrected chi connectivity index (χ4v) is 4.00. The van der Waals surface area contributed by atoms with Crippen LogP contribution in [0.2, 0.25) is 0 Å². The Balaban J connectivity index is 1.37. The van der Waals surface area contributed by atoms with Gasteiger partial charge in [0.25, 0.3) is 0 Å². The Morgan fingerprint density at radius 3 is 2.96 bits per heavy atom. The van der Waals surface area contributed by atoms with Crippen LogP contribution in [-0.4, -0.2) is 34.6 Å². The number of aromatic nitrogens is 3. The normalized spacial score (nSPS) is 15.8. The van der Waals surface area contributed by atoms with E-state index in [-0.39, 0.29) is 0 Å². The maximum Gasteiger partial charge on any atom is 0.150 e. The molecule has 4 rings (SSSR count). The second kappa shape index (κ2) is 6.73. The minimum atomic E-state index is 0.592. The lowest BCUT2D eigenvalue weighted by molar-refractivity contribution is 0.221. The molecule has 0 radical (unpaired) electrons. The molecule has 0 aliphatic carbocycles. The van der Waals surface area contributed by atoms with Crippen LogP contribution in [-0.2, 0) is 0 Å². The molecule has 0 saturated carbocycles. The molecule has 6 heteroatoms. The Bertz CT molecular complexity index is 827. The highest BCUT2D eigenvalue weighted by Gasteiger charge is 2.22. The number of thiophene rings is 1. The molecule has 3 aromatic rings. The number of nitrogens with zero attached hydrogens (tertiary/aromatic N) is 4. The molecule has 1 fully saturated rings. The molecule has 1 aliphatic heterocycles. The Kier molecular flexibility index (Phi) is 4.30. The first-order valence-electron chi connectivity index (χ1n) is 8.28. The number of hydrogen-bond donors (Lipinski definition) is 0. The summed E-state index contributed by atoms with van der Waals surface area (Å²) in [5.74, 6) is 2.62. The van der Waals surface area contributed by atoms with E-state index in [1.807, 2.05) is 19.2 Å². The first kappa shape index (κ1) is 15.3. The van der Waals surface area contributed by atoms with E-state index < -0.39 is 0 Å². The monoisotopic (exact) mass is 340 g/mol. The molecule has 124 valence electrons. The van der Waals surface area contributed by atoms with Gasteiger partial charge in [-0.05, 0) is 43.2 Å². The Hall–Kier alpha value is -2.21. The molecule has 1 saturated heterocycles. The second-order valence-electron chi connectivity index (χ2n) is 6.21. The number of pyridine rings is 1. The zero-order valence-electron chi connectivity index (χ0n) is 13.7. The summed E-state index contributed by atoms with van der Waals surface area (Å²) in [5, 5.41) is 2.08. The molecule has 4 heterocycles. The Morgan fingerprint density at radius 1 is 1.25 bits per heavy atom. The van der Waals surface area contributed by atoms with Crippen LogP contribution in [0.4, 0.5) is 5.82 Å². The van der Waals surface area contributed by atoms with Crippen molar-refractivity contribution in [3.8, 4) is 5.75 Å². The summed E-state index contributed by atoms with van der Waals surface area (Å²) in [4.78, 5) is 15.3. The Labute approximate surface area is 145 Å². The standard InChI is InChI=1S/C18H20N4OS/c1-13-10-19-6-2-16(13)23-11-14-3-7-22(8-4-14)18-17-15(5-9-24-17)20-12-21-18/h2,5-6,9-10,12,14H,3-4,7-8,11H2,1H3. The number of piperidine rings is 1. The average Bonchev–Trinajstić information content (AvgIpc) is 3.10. The molecule has 5 nitrogen and oxygen atoms in total. The van der Waals surface area contributed by atoms with Gasteiger partial charge in [0.1, 0.15) is 17.9 Å². The fraction of sp³-hybridized carbons (Fsp3) is 0.389. The number of ether oxygens (including phenoxy) is 1. The highest BCUT2D eigenvalue weighted by Crippen LogP contribution is 2.31. The van der Waals surface area contributed by atoms with Gasteiger partial charge in [-0.15, -0.1) is 11.3 Å². The minimum Gasteiger partial charge on any atom is -0.493 e. The number of rotatable bonds is 4. The zero-order valence-corrected chi connectivity index (χ0v) is 14.5. The van der Waals surface area contributed by atoms with Gasteiger partial charge < -0.3 is 9.64 Å². The summed E-state index contributed by atoms with van der Waals surface area (Å²) in [6.45, 7) is 4.85. The van der Waals surface area contributed by atoms with Crippen molar-refractivity contribution in [3.05, 3.63) is 41.8 Å². The molecule has 0 unspecified atom stereocenters. The molecule has 24 heavy (non-hydrogen) atoms. The third-order valence-corrected chi connectivity index (χ3v) is 5.48. The maximum absolute atomic E-state index is 5.99. The molecular weight excluding hydrogens is 320 g/mol. The van der Waals surface area contributed by atoms with Crippen LogP contribution in [0.25, 0.3) is 10.2 Å². The molecule has 0 amide bonds. The molecular formula is C18H20N4OS. The van der Waals surface area contributed by atoms with E-state index in [2.05, 4.69) is 31.3 Å². The van der Waals surface area contributed by atoms with Crippen molar-refractivity contribution < 1.29 is 4.74 Å². The van der Waals surface area contributed by atoms with E-state index in [9.17, 15) is 0 Å². The third-order valence-electron chi connectivity index (χ3n) is 4.58. The van der Waals surface area contributed by atoms with Crippen LogP contribution in [0.1, 0.15) is 18.4 Å². The van der Waals surface area contributed by atoms with Crippen molar-refractivity contribution in [1.82, 2.24) is 15.0 Å². The first-order chi connectivity index (χ1) is 11.8. The van der Waals surface area contributed by atoms with Gasteiger partial charge in [0.05, 0.1) is 16.8 Å². The van der Waals surface area contributed by atoms with Gasteiger partial charge in [0.2, 0.25) is 0 Å². The summed E-state index contributed by atoms with van der Waals surface area (Å²) in [6, 6.07) is 4.00. The summed E-state index contributed by atoms with van der Waals surface area (Å²) >= 11 is 1.72. The van der Waals surface area contributed by atoms with Crippen LogP contribution < -0.4 is 9.64 Å². The van der Waals surface area contributed by atoms with E-state index in [1.54, 1.807) is 23.9 Å².